The Morgan fingerprint density at radius 1 is 1.35 bits per heavy atom. The number of fused-ring (bicyclic) bond motifs is 1. The highest BCUT2D eigenvalue weighted by Crippen LogP contribution is 2.33. The second-order valence-electron chi connectivity index (χ2n) is 6.74. The maximum Gasteiger partial charge on any atom is 0.259 e. The highest BCUT2D eigenvalue weighted by atomic mass is 16.5. The number of carbonyl (C=O) groups is 1. The molecular weight excluding hydrogens is 292 g/mol. The zero-order valence-electron chi connectivity index (χ0n) is 13.4. The first-order chi connectivity index (χ1) is 11.2. The van der Waals surface area contributed by atoms with Gasteiger partial charge in [-0.3, -0.25) is 4.79 Å². The third-order valence-electron chi connectivity index (χ3n) is 4.82. The predicted octanol–water partition coefficient (Wildman–Crippen LogP) is 2.14. The zero-order chi connectivity index (χ0) is 15.8. The monoisotopic (exact) mass is 314 g/mol. The van der Waals surface area contributed by atoms with Crippen LogP contribution in [0.25, 0.3) is 11.1 Å². The molecule has 2 fully saturated rings. The molecule has 6 heteroatoms. The molecule has 1 saturated carbocycles. The number of piperidine rings is 1. The Hall–Kier alpha value is -1.95. The maximum absolute atomic E-state index is 12.7. The number of nitrogens with zero attached hydrogens (tertiary/aromatic N) is 2. The lowest BCUT2D eigenvalue weighted by Gasteiger charge is -2.21. The smallest absolute Gasteiger partial charge is 0.259 e. The number of rotatable bonds is 4. The van der Waals surface area contributed by atoms with Gasteiger partial charge in [0.25, 0.3) is 11.6 Å². The van der Waals surface area contributed by atoms with E-state index in [1.54, 1.807) is 0 Å². The molecule has 122 valence electrons. The summed E-state index contributed by atoms with van der Waals surface area (Å²) >= 11 is 0. The molecule has 0 bridgehead atoms. The van der Waals surface area contributed by atoms with Gasteiger partial charge in [-0.25, -0.2) is 4.98 Å². The zero-order valence-corrected chi connectivity index (χ0v) is 13.4. The molecule has 6 nitrogen and oxygen atoms in total. The van der Waals surface area contributed by atoms with Crippen LogP contribution in [0.15, 0.2) is 10.6 Å². The third-order valence-corrected chi connectivity index (χ3v) is 4.82. The summed E-state index contributed by atoms with van der Waals surface area (Å²) < 4.78 is 5.45. The van der Waals surface area contributed by atoms with E-state index in [4.69, 9.17) is 4.52 Å². The van der Waals surface area contributed by atoms with Crippen LogP contribution in [0, 0.1) is 12.8 Å². The van der Waals surface area contributed by atoms with Gasteiger partial charge in [0.1, 0.15) is 0 Å². The van der Waals surface area contributed by atoms with Crippen LogP contribution in [-0.2, 0) is 0 Å². The highest BCUT2D eigenvalue weighted by molar-refractivity contribution is 6.06. The number of aryl methyl sites for hydroxylation is 1. The van der Waals surface area contributed by atoms with Crippen LogP contribution in [0.3, 0.4) is 0 Å². The number of hydrogen-bond acceptors (Lipinski definition) is 5. The molecule has 2 aromatic heterocycles. The average Bonchev–Trinajstić information content (AvgIpc) is 3.31. The Kier molecular flexibility index (Phi) is 3.77. The summed E-state index contributed by atoms with van der Waals surface area (Å²) in [5.74, 6) is 0.950. The van der Waals surface area contributed by atoms with E-state index in [0.717, 1.165) is 49.2 Å². The summed E-state index contributed by atoms with van der Waals surface area (Å²) in [5, 5.41) is 11.5. The van der Waals surface area contributed by atoms with E-state index < -0.39 is 0 Å². The summed E-state index contributed by atoms with van der Waals surface area (Å²) in [4.78, 5) is 17.1. The molecule has 0 spiro atoms. The average molecular weight is 314 g/mol. The molecule has 0 radical (unpaired) electrons. The van der Waals surface area contributed by atoms with E-state index in [1.807, 2.05) is 13.0 Å². The molecule has 2 aliphatic rings. The van der Waals surface area contributed by atoms with Gasteiger partial charge in [0.2, 0.25) is 0 Å². The fourth-order valence-corrected chi connectivity index (χ4v) is 3.30. The summed E-state index contributed by atoms with van der Waals surface area (Å²) in [6.07, 6.45) is 4.47. The van der Waals surface area contributed by atoms with Crippen molar-refractivity contribution in [3.05, 3.63) is 23.0 Å². The van der Waals surface area contributed by atoms with Gasteiger partial charge >= 0.3 is 0 Å². The van der Waals surface area contributed by atoms with Crippen molar-refractivity contribution in [3.63, 3.8) is 0 Å². The van der Waals surface area contributed by atoms with E-state index in [9.17, 15) is 4.79 Å². The third kappa shape index (κ3) is 2.95. The van der Waals surface area contributed by atoms with Crippen molar-refractivity contribution in [2.24, 2.45) is 5.92 Å². The number of amides is 1. The minimum absolute atomic E-state index is 0.0363. The number of pyridine rings is 1. The van der Waals surface area contributed by atoms with Gasteiger partial charge in [0, 0.05) is 18.2 Å². The molecule has 1 aliphatic carbocycles. The summed E-state index contributed by atoms with van der Waals surface area (Å²) in [6, 6.07) is 1.85. The van der Waals surface area contributed by atoms with Crippen molar-refractivity contribution in [3.8, 4) is 0 Å². The topological polar surface area (TPSA) is 80.0 Å². The minimum Gasteiger partial charge on any atom is -0.352 e. The fourth-order valence-electron chi connectivity index (χ4n) is 3.30. The molecule has 2 aromatic rings. The first kappa shape index (κ1) is 14.6. The molecule has 23 heavy (non-hydrogen) atoms. The second kappa shape index (κ2) is 5.92. The molecule has 0 atom stereocenters. The lowest BCUT2D eigenvalue weighted by molar-refractivity contribution is 0.0953. The quantitative estimate of drug-likeness (QED) is 0.904. The normalized spacial score (nSPS) is 19.2. The van der Waals surface area contributed by atoms with Gasteiger partial charge in [0.15, 0.2) is 0 Å². The van der Waals surface area contributed by atoms with Crippen molar-refractivity contribution in [2.45, 2.75) is 38.5 Å². The molecule has 4 rings (SSSR count). The Morgan fingerprint density at radius 3 is 2.87 bits per heavy atom. The minimum atomic E-state index is -0.0363. The summed E-state index contributed by atoms with van der Waals surface area (Å²) in [7, 11) is 0. The van der Waals surface area contributed by atoms with Crippen molar-refractivity contribution < 1.29 is 9.32 Å². The Morgan fingerprint density at radius 2 is 2.13 bits per heavy atom. The van der Waals surface area contributed by atoms with Gasteiger partial charge in [0.05, 0.1) is 16.6 Å². The second-order valence-corrected chi connectivity index (χ2v) is 6.74. The molecule has 0 unspecified atom stereocenters. The van der Waals surface area contributed by atoms with Crippen molar-refractivity contribution in [1.82, 2.24) is 20.8 Å². The van der Waals surface area contributed by atoms with Gasteiger partial charge in [-0.15, -0.1) is 0 Å². The van der Waals surface area contributed by atoms with Crippen LogP contribution in [0.2, 0.25) is 0 Å². The van der Waals surface area contributed by atoms with Crippen molar-refractivity contribution in [2.75, 3.05) is 19.6 Å². The predicted molar refractivity (Wildman–Crippen MR) is 86.4 cm³/mol. The molecule has 0 aromatic carbocycles. The standard InChI is InChI=1S/C17H22N4O2/c1-10-8-13(16(22)19-9-11-2-3-11)14-15(21-23-17(14)20-10)12-4-6-18-7-5-12/h8,11-12,18H,2-7,9H2,1H3,(H,19,22). The van der Waals surface area contributed by atoms with Crippen LogP contribution < -0.4 is 10.6 Å². The van der Waals surface area contributed by atoms with Crippen molar-refractivity contribution in [1.29, 1.82) is 0 Å². The van der Waals surface area contributed by atoms with Crippen LogP contribution in [0.4, 0.5) is 0 Å². The Bertz CT molecular complexity index is 730. The van der Waals surface area contributed by atoms with E-state index in [2.05, 4.69) is 20.8 Å². The lowest BCUT2D eigenvalue weighted by Crippen LogP contribution is -2.28. The first-order valence-electron chi connectivity index (χ1n) is 8.48. The SMILES string of the molecule is Cc1cc(C(=O)NCC2CC2)c2c(C3CCNCC3)noc2n1. The largest absolute Gasteiger partial charge is 0.352 e. The molecule has 1 saturated heterocycles. The molecule has 2 N–H and O–H groups in total. The lowest BCUT2D eigenvalue weighted by atomic mass is 9.91. The van der Waals surface area contributed by atoms with Gasteiger partial charge < -0.3 is 15.2 Å². The summed E-state index contributed by atoms with van der Waals surface area (Å²) in [5.41, 5.74) is 2.81. The van der Waals surface area contributed by atoms with Gasteiger partial charge in [-0.05, 0) is 57.7 Å². The Labute approximate surface area is 135 Å². The number of hydrogen-bond donors (Lipinski definition) is 2. The first-order valence-corrected chi connectivity index (χ1v) is 8.48. The number of nitrogens with one attached hydrogen (secondary N) is 2. The van der Waals surface area contributed by atoms with Crippen LogP contribution in [0.1, 0.15) is 53.3 Å². The fraction of sp³-hybridized carbons (Fsp3) is 0.588. The van der Waals surface area contributed by atoms with Gasteiger partial charge in [-0.1, -0.05) is 5.16 Å². The van der Waals surface area contributed by atoms with Crippen LogP contribution in [-0.4, -0.2) is 35.7 Å². The number of aromatic nitrogens is 2. The van der Waals surface area contributed by atoms with E-state index in [0.29, 0.717) is 23.1 Å². The van der Waals surface area contributed by atoms with E-state index >= 15 is 0 Å². The number of carbonyl (C=O) groups excluding carboxylic acids is 1. The maximum atomic E-state index is 12.7. The molecule has 3 heterocycles. The summed E-state index contributed by atoms with van der Waals surface area (Å²) in [6.45, 7) is 4.59. The van der Waals surface area contributed by atoms with Gasteiger partial charge in [-0.2, -0.15) is 0 Å². The van der Waals surface area contributed by atoms with E-state index in [1.165, 1.54) is 12.8 Å². The molecule has 1 aliphatic heterocycles. The molecular formula is C17H22N4O2. The van der Waals surface area contributed by atoms with Crippen LogP contribution in [0.5, 0.6) is 0 Å². The van der Waals surface area contributed by atoms with Crippen LogP contribution >= 0.6 is 0 Å². The highest BCUT2D eigenvalue weighted by Gasteiger charge is 2.27. The molecule has 1 amide bonds. The Balaban J connectivity index is 1.71. The van der Waals surface area contributed by atoms with E-state index in [-0.39, 0.29) is 5.91 Å². The van der Waals surface area contributed by atoms with Crippen molar-refractivity contribution >= 4 is 17.0 Å².